The minimum atomic E-state index is -1.01. The maximum Gasteiger partial charge on any atom is 0.254 e. The molecule has 0 saturated carbocycles. The highest BCUT2D eigenvalue weighted by Crippen LogP contribution is 2.20. The van der Waals surface area contributed by atoms with Gasteiger partial charge in [-0.25, -0.2) is 8.78 Å². The molecule has 1 amide bonds. The number of nitrogens with two attached hydrogens (primary N) is 1. The Morgan fingerprint density at radius 1 is 1.38 bits per heavy atom. The van der Waals surface area contributed by atoms with Crippen LogP contribution in [-0.4, -0.2) is 29.4 Å². The molecule has 2 N–H and O–H groups in total. The van der Waals surface area contributed by atoms with Gasteiger partial charge < -0.3 is 10.6 Å². The van der Waals surface area contributed by atoms with Gasteiger partial charge in [0, 0.05) is 24.2 Å². The normalized spacial score (nSPS) is 18.1. The number of carbonyl (C=O) groups is 1. The highest BCUT2D eigenvalue weighted by Gasteiger charge is 2.38. The molecule has 1 heterocycles. The van der Waals surface area contributed by atoms with E-state index in [1.807, 2.05) is 6.92 Å². The zero-order chi connectivity index (χ0) is 11.9. The highest BCUT2D eigenvalue weighted by atomic mass is 19.2. The summed E-state index contributed by atoms with van der Waals surface area (Å²) in [5.74, 6) is -2.28. The fourth-order valence-electron chi connectivity index (χ4n) is 1.78. The van der Waals surface area contributed by atoms with E-state index in [1.165, 1.54) is 11.0 Å². The van der Waals surface area contributed by atoms with Crippen LogP contribution >= 0.6 is 0 Å². The molecule has 1 fully saturated rings. The Morgan fingerprint density at radius 3 is 2.50 bits per heavy atom. The first-order valence-electron chi connectivity index (χ1n) is 4.92. The molecule has 5 heteroatoms. The van der Waals surface area contributed by atoms with Crippen LogP contribution in [-0.2, 0) is 0 Å². The molecule has 0 bridgehead atoms. The molecule has 1 aliphatic heterocycles. The Bertz CT molecular complexity index is 438. The van der Waals surface area contributed by atoms with Crippen LogP contribution < -0.4 is 5.73 Å². The zero-order valence-corrected chi connectivity index (χ0v) is 8.84. The highest BCUT2D eigenvalue weighted by molar-refractivity contribution is 5.95. The molecule has 1 aromatic rings. The first kappa shape index (κ1) is 11.0. The van der Waals surface area contributed by atoms with E-state index in [-0.39, 0.29) is 17.0 Å². The van der Waals surface area contributed by atoms with Crippen LogP contribution in [0.2, 0.25) is 0 Å². The van der Waals surface area contributed by atoms with Crippen molar-refractivity contribution in [2.24, 2.45) is 5.73 Å². The number of halogens is 2. The van der Waals surface area contributed by atoms with Crippen LogP contribution in [0, 0.1) is 11.6 Å². The molecule has 0 aromatic heterocycles. The number of amides is 1. The standard InChI is InChI=1S/C11H12F2N2O/c1-11(14)5-15(6-11)10(16)7-2-3-8(12)9(13)4-7/h2-4H,5-6,14H2,1H3. The molecule has 0 radical (unpaired) electrons. The molecule has 1 aromatic carbocycles. The third kappa shape index (κ3) is 1.90. The summed E-state index contributed by atoms with van der Waals surface area (Å²) in [5.41, 5.74) is 5.53. The van der Waals surface area contributed by atoms with Gasteiger partial charge in [-0.1, -0.05) is 0 Å². The van der Waals surface area contributed by atoms with Crippen LogP contribution in [0.5, 0.6) is 0 Å². The number of nitrogens with zero attached hydrogens (tertiary/aromatic N) is 1. The number of rotatable bonds is 1. The molecule has 0 atom stereocenters. The number of benzene rings is 1. The van der Waals surface area contributed by atoms with Gasteiger partial charge in [-0.2, -0.15) is 0 Å². The van der Waals surface area contributed by atoms with Gasteiger partial charge in [0.1, 0.15) is 0 Å². The van der Waals surface area contributed by atoms with Gasteiger partial charge >= 0.3 is 0 Å². The lowest BCUT2D eigenvalue weighted by Crippen LogP contribution is -2.66. The Balaban J connectivity index is 2.13. The molecular weight excluding hydrogens is 214 g/mol. The number of likely N-dealkylation sites (tertiary alicyclic amines) is 1. The number of hydrogen-bond donors (Lipinski definition) is 1. The van der Waals surface area contributed by atoms with Crippen LogP contribution in [0.4, 0.5) is 8.78 Å². The summed E-state index contributed by atoms with van der Waals surface area (Å²) in [6.07, 6.45) is 0. The Morgan fingerprint density at radius 2 is 2.00 bits per heavy atom. The zero-order valence-electron chi connectivity index (χ0n) is 8.84. The summed E-state index contributed by atoms with van der Waals surface area (Å²) in [4.78, 5) is 13.3. The molecular formula is C11H12F2N2O. The predicted octanol–water partition coefficient (Wildman–Crippen LogP) is 1.14. The average Bonchev–Trinajstić information content (AvgIpc) is 2.17. The quantitative estimate of drug-likeness (QED) is 0.780. The summed E-state index contributed by atoms with van der Waals surface area (Å²) in [6.45, 7) is 2.71. The molecule has 0 unspecified atom stereocenters. The van der Waals surface area contributed by atoms with Gasteiger partial charge in [-0.15, -0.1) is 0 Å². The minimum absolute atomic E-state index is 0.148. The maximum absolute atomic E-state index is 12.9. The van der Waals surface area contributed by atoms with Crippen molar-refractivity contribution < 1.29 is 13.6 Å². The predicted molar refractivity (Wildman–Crippen MR) is 54.9 cm³/mol. The van der Waals surface area contributed by atoms with Gasteiger partial charge in [-0.3, -0.25) is 4.79 Å². The lowest BCUT2D eigenvalue weighted by Gasteiger charge is -2.45. The molecule has 2 rings (SSSR count). The van der Waals surface area contributed by atoms with Crippen molar-refractivity contribution in [2.45, 2.75) is 12.5 Å². The number of hydrogen-bond acceptors (Lipinski definition) is 2. The second-order valence-electron chi connectivity index (χ2n) is 4.44. The third-order valence-corrected chi connectivity index (χ3v) is 2.56. The molecule has 1 aliphatic rings. The topological polar surface area (TPSA) is 46.3 Å². The van der Waals surface area contributed by atoms with Crippen molar-refractivity contribution in [1.29, 1.82) is 0 Å². The van der Waals surface area contributed by atoms with Crippen LogP contribution in [0.25, 0.3) is 0 Å². The monoisotopic (exact) mass is 226 g/mol. The fraction of sp³-hybridized carbons (Fsp3) is 0.364. The molecule has 86 valence electrons. The van der Waals surface area contributed by atoms with Gasteiger partial charge in [0.05, 0.1) is 0 Å². The average molecular weight is 226 g/mol. The minimum Gasteiger partial charge on any atom is -0.335 e. The molecule has 0 spiro atoms. The van der Waals surface area contributed by atoms with Gasteiger partial charge in [0.25, 0.3) is 5.91 Å². The smallest absolute Gasteiger partial charge is 0.254 e. The largest absolute Gasteiger partial charge is 0.335 e. The van der Waals surface area contributed by atoms with Crippen molar-refractivity contribution in [2.75, 3.05) is 13.1 Å². The Hall–Kier alpha value is -1.49. The van der Waals surface area contributed by atoms with E-state index in [4.69, 9.17) is 5.73 Å². The molecule has 16 heavy (non-hydrogen) atoms. The van der Waals surface area contributed by atoms with E-state index in [2.05, 4.69) is 0 Å². The van der Waals surface area contributed by atoms with E-state index in [9.17, 15) is 13.6 Å². The van der Waals surface area contributed by atoms with E-state index in [0.29, 0.717) is 13.1 Å². The Kier molecular flexibility index (Phi) is 2.42. The van der Waals surface area contributed by atoms with E-state index < -0.39 is 11.6 Å². The summed E-state index contributed by atoms with van der Waals surface area (Å²) in [7, 11) is 0. The summed E-state index contributed by atoms with van der Waals surface area (Å²) in [5, 5.41) is 0. The van der Waals surface area contributed by atoms with Gasteiger partial charge in [0.15, 0.2) is 11.6 Å². The van der Waals surface area contributed by atoms with Crippen molar-refractivity contribution in [1.82, 2.24) is 4.90 Å². The first-order chi connectivity index (χ1) is 7.39. The lowest BCUT2D eigenvalue weighted by molar-refractivity contribution is 0.0453. The van der Waals surface area contributed by atoms with E-state index >= 15 is 0 Å². The van der Waals surface area contributed by atoms with Gasteiger partial charge in [-0.05, 0) is 25.1 Å². The Labute approximate surface area is 91.8 Å². The summed E-state index contributed by atoms with van der Waals surface area (Å²) < 4.78 is 25.6. The van der Waals surface area contributed by atoms with E-state index in [0.717, 1.165) is 12.1 Å². The lowest BCUT2D eigenvalue weighted by atomic mass is 9.93. The first-order valence-corrected chi connectivity index (χ1v) is 4.92. The van der Waals surface area contributed by atoms with E-state index in [1.54, 1.807) is 0 Å². The molecule has 1 saturated heterocycles. The SMILES string of the molecule is CC1(N)CN(C(=O)c2ccc(F)c(F)c2)C1. The fourth-order valence-corrected chi connectivity index (χ4v) is 1.78. The van der Waals surface area contributed by atoms with Gasteiger partial charge in [0.2, 0.25) is 0 Å². The maximum atomic E-state index is 12.9. The molecule has 0 aliphatic carbocycles. The van der Waals surface area contributed by atoms with Crippen LogP contribution in [0.1, 0.15) is 17.3 Å². The van der Waals surface area contributed by atoms with Crippen molar-refractivity contribution in [3.63, 3.8) is 0 Å². The second kappa shape index (κ2) is 3.52. The van der Waals surface area contributed by atoms with Crippen molar-refractivity contribution >= 4 is 5.91 Å². The van der Waals surface area contributed by atoms with Crippen molar-refractivity contribution in [3.05, 3.63) is 35.4 Å². The summed E-state index contributed by atoms with van der Waals surface area (Å²) in [6, 6.07) is 3.13. The third-order valence-electron chi connectivity index (χ3n) is 2.56. The van der Waals surface area contributed by atoms with Crippen LogP contribution in [0.3, 0.4) is 0 Å². The molecule has 3 nitrogen and oxygen atoms in total. The second-order valence-corrected chi connectivity index (χ2v) is 4.44. The summed E-state index contributed by atoms with van der Waals surface area (Å²) >= 11 is 0. The number of carbonyl (C=O) groups excluding carboxylic acids is 1. The van der Waals surface area contributed by atoms with Crippen molar-refractivity contribution in [3.8, 4) is 0 Å². The van der Waals surface area contributed by atoms with Crippen LogP contribution in [0.15, 0.2) is 18.2 Å².